The van der Waals surface area contributed by atoms with Gasteiger partial charge < -0.3 is 4.74 Å². The Morgan fingerprint density at radius 1 is 1.14 bits per heavy atom. The Morgan fingerprint density at radius 2 is 1.86 bits per heavy atom. The Bertz CT molecular complexity index is 898. The van der Waals surface area contributed by atoms with Crippen molar-refractivity contribution in [3.8, 4) is 22.4 Å². The highest BCUT2D eigenvalue weighted by molar-refractivity contribution is 5.80. The zero-order chi connectivity index (χ0) is 18.9. The fourth-order valence-electron chi connectivity index (χ4n) is 2.09. The van der Waals surface area contributed by atoms with Gasteiger partial charge in [-0.25, -0.2) is 4.39 Å². The van der Waals surface area contributed by atoms with Crippen molar-refractivity contribution in [1.29, 1.82) is 0 Å². The Kier molecular flexibility index (Phi) is 3.02. The standard InChI is InChI=1S/C17H16FN3O/c1-22-11-10-21-12-16(13-6-8-19-9-7-13)17(20-21)14-2-4-15(18)5-3-14/h2-9,12H,10-11H2,1H3/i1+1,10D2,11D2. The summed E-state index contributed by atoms with van der Waals surface area (Å²) in [6.45, 7) is -5.17. The van der Waals surface area contributed by atoms with Crippen molar-refractivity contribution in [2.45, 2.75) is 6.50 Å². The van der Waals surface area contributed by atoms with Crippen LogP contribution in [0, 0.1) is 5.82 Å². The lowest BCUT2D eigenvalue weighted by atomic mass is 10.0. The van der Waals surface area contributed by atoms with Crippen LogP contribution < -0.4 is 0 Å². The number of methoxy groups -OCH3 is 1. The summed E-state index contributed by atoms with van der Waals surface area (Å²) in [6.07, 6.45) is 4.58. The first kappa shape index (κ1) is 10.2. The predicted octanol–water partition coefficient (Wildman–Crippen LogP) is 3.40. The molecule has 0 aliphatic heterocycles. The average Bonchev–Trinajstić information content (AvgIpc) is 3.09. The smallest absolute Gasteiger partial charge is 0.123 e. The van der Waals surface area contributed by atoms with Crippen molar-refractivity contribution < 1.29 is 14.6 Å². The molecule has 0 spiro atoms. The molecule has 0 aliphatic carbocycles. The van der Waals surface area contributed by atoms with E-state index in [0.29, 0.717) is 16.8 Å². The number of ether oxygens (including phenoxy) is 1. The second-order valence-electron chi connectivity index (χ2n) is 4.50. The molecule has 0 fully saturated rings. The highest BCUT2D eigenvalue weighted by Gasteiger charge is 2.13. The van der Waals surface area contributed by atoms with Crippen LogP contribution >= 0.6 is 0 Å². The molecule has 0 atom stereocenters. The quantitative estimate of drug-likeness (QED) is 0.678. The summed E-state index contributed by atoms with van der Waals surface area (Å²) in [5.74, 6) is -0.398. The third kappa shape index (κ3) is 3.04. The minimum atomic E-state index is -2.60. The summed E-state index contributed by atoms with van der Waals surface area (Å²) in [5.41, 5.74) is 2.26. The zero-order valence-electron chi connectivity index (χ0n) is 15.8. The van der Waals surface area contributed by atoms with E-state index in [1.54, 1.807) is 24.5 Å². The van der Waals surface area contributed by atoms with Crippen LogP contribution in [-0.4, -0.2) is 28.4 Å². The average molecular weight is 302 g/mol. The van der Waals surface area contributed by atoms with Crippen molar-refractivity contribution in [2.24, 2.45) is 0 Å². The fourth-order valence-corrected chi connectivity index (χ4v) is 2.09. The van der Waals surface area contributed by atoms with E-state index in [1.807, 2.05) is 0 Å². The molecular formula is C17H16FN3O. The van der Waals surface area contributed by atoms with Crippen LogP contribution in [0.3, 0.4) is 0 Å². The van der Waals surface area contributed by atoms with Gasteiger partial charge in [-0.05, 0) is 42.0 Å². The second kappa shape index (κ2) is 6.49. The first-order chi connectivity index (χ1) is 12.3. The van der Waals surface area contributed by atoms with Crippen molar-refractivity contribution in [3.05, 3.63) is 60.8 Å². The largest absolute Gasteiger partial charge is 0.383 e. The molecule has 112 valence electrons. The molecule has 0 saturated carbocycles. The summed E-state index contributed by atoms with van der Waals surface area (Å²) >= 11 is 0. The molecule has 3 rings (SSSR count). The Balaban J connectivity index is 2.20. The highest BCUT2D eigenvalue weighted by atomic mass is 19.1. The molecule has 0 aliphatic rings. The molecule has 3 aromatic rings. The molecule has 0 amide bonds. The normalized spacial score (nSPS) is 14.8. The summed E-state index contributed by atoms with van der Waals surface area (Å²) in [5, 5.41) is 4.25. The number of hydrogen-bond donors (Lipinski definition) is 0. The molecule has 2 aromatic heterocycles. The number of halogens is 1. The van der Waals surface area contributed by atoms with Gasteiger partial charge in [-0.1, -0.05) is 0 Å². The lowest BCUT2D eigenvalue weighted by Gasteiger charge is -2.02. The maximum atomic E-state index is 13.3. The number of rotatable bonds is 5. The molecule has 4 nitrogen and oxygen atoms in total. The number of benzene rings is 1. The molecule has 0 N–H and O–H groups in total. The van der Waals surface area contributed by atoms with E-state index in [9.17, 15) is 4.39 Å². The lowest BCUT2D eigenvalue weighted by Crippen LogP contribution is -2.04. The molecular weight excluding hydrogens is 282 g/mol. The van der Waals surface area contributed by atoms with Gasteiger partial charge in [0.2, 0.25) is 0 Å². The van der Waals surface area contributed by atoms with Gasteiger partial charge in [-0.3, -0.25) is 9.67 Å². The van der Waals surface area contributed by atoms with Gasteiger partial charge in [-0.15, -0.1) is 0 Å². The number of hydrogen-bond acceptors (Lipinski definition) is 3. The van der Waals surface area contributed by atoms with Crippen molar-refractivity contribution >= 4 is 0 Å². The van der Waals surface area contributed by atoms with Crippen LogP contribution in [0.2, 0.25) is 0 Å². The molecule has 0 unspecified atom stereocenters. The summed E-state index contributed by atoms with van der Waals surface area (Å²) in [7, 11) is 1.09. The van der Waals surface area contributed by atoms with E-state index in [4.69, 9.17) is 5.48 Å². The summed E-state index contributed by atoms with van der Waals surface area (Å²) in [4.78, 5) is 3.96. The number of aryl methyl sites for hydroxylation is 1. The topological polar surface area (TPSA) is 39.9 Å². The van der Waals surface area contributed by atoms with Gasteiger partial charge in [0.05, 0.1) is 18.5 Å². The molecule has 0 saturated heterocycles. The van der Waals surface area contributed by atoms with Crippen molar-refractivity contribution in [3.63, 3.8) is 0 Å². The predicted molar refractivity (Wildman–Crippen MR) is 82.7 cm³/mol. The van der Waals surface area contributed by atoms with E-state index in [2.05, 4.69) is 14.8 Å². The maximum Gasteiger partial charge on any atom is 0.123 e. The van der Waals surface area contributed by atoms with Crippen LogP contribution in [0.25, 0.3) is 22.4 Å². The third-order valence-electron chi connectivity index (χ3n) is 3.09. The number of pyridine rings is 1. The van der Waals surface area contributed by atoms with Crippen LogP contribution in [0.5, 0.6) is 0 Å². The third-order valence-corrected chi connectivity index (χ3v) is 3.09. The van der Waals surface area contributed by atoms with Gasteiger partial charge in [0, 0.05) is 36.8 Å². The molecule has 0 radical (unpaired) electrons. The molecule has 2 heterocycles. The zero-order valence-corrected chi connectivity index (χ0v) is 11.8. The first-order valence-electron chi connectivity index (χ1n) is 8.58. The van der Waals surface area contributed by atoms with Crippen LogP contribution in [0.15, 0.2) is 55.0 Å². The van der Waals surface area contributed by atoms with Gasteiger partial charge in [0.1, 0.15) is 11.5 Å². The van der Waals surface area contributed by atoms with E-state index >= 15 is 0 Å². The van der Waals surface area contributed by atoms with Crippen molar-refractivity contribution in [2.75, 3.05) is 13.7 Å². The Hall–Kier alpha value is -2.53. The second-order valence-corrected chi connectivity index (χ2v) is 4.50. The maximum absolute atomic E-state index is 13.3. The molecule has 22 heavy (non-hydrogen) atoms. The van der Waals surface area contributed by atoms with E-state index < -0.39 is 18.9 Å². The van der Waals surface area contributed by atoms with Gasteiger partial charge in [0.15, 0.2) is 0 Å². The summed E-state index contributed by atoms with van der Waals surface area (Å²) < 4.78 is 50.7. The minimum Gasteiger partial charge on any atom is -0.383 e. The van der Waals surface area contributed by atoms with Crippen LogP contribution in [0.1, 0.15) is 5.48 Å². The van der Waals surface area contributed by atoms with E-state index in [1.165, 1.54) is 30.5 Å². The summed E-state index contributed by atoms with van der Waals surface area (Å²) in [6, 6.07) is 9.10. The van der Waals surface area contributed by atoms with E-state index in [-0.39, 0.29) is 0 Å². The Morgan fingerprint density at radius 3 is 2.55 bits per heavy atom. The van der Waals surface area contributed by atoms with E-state index in [0.717, 1.165) is 17.4 Å². The first-order valence-corrected chi connectivity index (χ1v) is 6.58. The number of aromatic nitrogens is 3. The Labute approximate surface area is 133 Å². The molecule has 1 aromatic carbocycles. The van der Waals surface area contributed by atoms with Gasteiger partial charge in [-0.2, -0.15) is 5.10 Å². The minimum absolute atomic E-state index is 0.395. The molecule has 0 bridgehead atoms. The lowest BCUT2D eigenvalue weighted by molar-refractivity contribution is 0.183. The van der Waals surface area contributed by atoms with Crippen molar-refractivity contribution in [1.82, 2.24) is 14.8 Å². The molecule has 5 heteroatoms. The highest BCUT2D eigenvalue weighted by Crippen LogP contribution is 2.30. The van der Waals surface area contributed by atoms with Gasteiger partial charge >= 0.3 is 0 Å². The fraction of sp³-hybridized carbons (Fsp3) is 0.176. The monoisotopic (exact) mass is 302 g/mol. The SMILES string of the molecule is [2H]C([2H])(O[13CH3])C([2H])([2H])n1cc(-c2ccncc2)c(-c2ccc(F)cc2)n1. The van der Waals surface area contributed by atoms with Crippen LogP contribution in [0.4, 0.5) is 4.39 Å². The number of nitrogens with zero attached hydrogens (tertiary/aromatic N) is 3. The van der Waals surface area contributed by atoms with Crippen LogP contribution in [-0.2, 0) is 11.2 Å². The van der Waals surface area contributed by atoms with Gasteiger partial charge in [0.25, 0.3) is 0 Å².